The molecule has 6 nitrogen and oxygen atoms in total. The van der Waals surface area contributed by atoms with Gasteiger partial charge in [0.15, 0.2) is 0 Å². The molecule has 0 spiro atoms. The van der Waals surface area contributed by atoms with Crippen LogP contribution in [0.25, 0.3) is 0 Å². The highest BCUT2D eigenvalue weighted by molar-refractivity contribution is 7.80. The van der Waals surface area contributed by atoms with Crippen molar-refractivity contribution in [3.8, 4) is 0 Å². The summed E-state index contributed by atoms with van der Waals surface area (Å²) in [5.74, 6) is -1.48. The molecule has 90 valence electrons. The summed E-state index contributed by atoms with van der Waals surface area (Å²) in [7, 11) is 0. The molecule has 2 amide bonds. The Balaban J connectivity index is 2.34. The van der Waals surface area contributed by atoms with Gasteiger partial charge >= 0.3 is 11.8 Å². The van der Waals surface area contributed by atoms with E-state index in [2.05, 4.69) is 27.8 Å². The first-order valence-electron chi connectivity index (χ1n) is 4.83. The first kappa shape index (κ1) is 13.0. The van der Waals surface area contributed by atoms with Crippen molar-refractivity contribution in [1.82, 2.24) is 15.6 Å². The second-order valence-electron chi connectivity index (χ2n) is 3.19. The molecule has 0 radical (unpaired) electrons. The SMILES string of the molecule is NC(=S)CNC(=O)C(=O)NCc1ccncc1. The molecule has 0 aliphatic rings. The van der Waals surface area contributed by atoms with Gasteiger partial charge in [0.05, 0.1) is 11.5 Å². The van der Waals surface area contributed by atoms with Crippen LogP contribution >= 0.6 is 12.2 Å². The summed E-state index contributed by atoms with van der Waals surface area (Å²) in [6, 6.07) is 3.49. The van der Waals surface area contributed by atoms with Gasteiger partial charge in [-0.1, -0.05) is 12.2 Å². The minimum Gasteiger partial charge on any atom is -0.392 e. The highest BCUT2D eigenvalue weighted by atomic mass is 32.1. The molecule has 0 saturated carbocycles. The molecule has 1 aromatic rings. The number of pyridine rings is 1. The van der Waals surface area contributed by atoms with Crippen LogP contribution in [0.5, 0.6) is 0 Å². The molecule has 0 saturated heterocycles. The number of thiocarbonyl (C=S) groups is 1. The van der Waals surface area contributed by atoms with E-state index in [-0.39, 0.29) is 18.1 Å². The number of nitrogens with two attached hydrogens (primary N) is 1. The van der Waals surface area contributed by atoms with Crippen molar-refractivity contribution >= 4 is 29.0 Å². The van der Waals surface area contributed by atoms with Crippen molar-refractivity contribution in [2.45, 2.75) is 6.54 Å². The number of amides is 2. The molecule has 0 unspecified atom stereocenters. The molecule has 0 atom stereocenters. The van der Waals surface area contributed by atoms with Crippen LogP contribution in [0, 0.1) is 0 Å². The fourth-order valence-corrected chi connectivity index (χ4v) is 1.08. The van der Waals surface area contributed by atoms with Gasteiger partial charge in [-0.15, -0.1) is 0 Å². The van der Waals surface area contributed by atoms with Crippen molar-refractivity contribution in [1.29, 1.82) is 0 Å². The lowest BCUT2D eigenvalue weighted by molar-refractivity contribution is -0.139. The van der Waals surface area contributed by atoms with Crippen LogP contribution in [-0.4, -0.2) is 28.3 Å². The maximum atomic E-state index is 11.3. The first-order valence-corrected chi connectivity index (χ1v) is 5.23. The summed E-state index contributed by atoms with van der Waals surface area (Å²) in [5, 5.41) is 4.75. The zero-order valence-corrected chi connectivity index (χ0v) is 9.79. The smallest absolute Gasteiger partial charge is 0.309 e. The number of nitrogens with one attached hydrogen (secondary N) is 2. The van der Waals surface area contributed by atoms with Gasteiger partial charge in [-0.05, 0) is 17.7 Å². The summed E-state index contributed by atoms with van der Waals surface area (Å²) in [5.41, 5.74) is 6.04. The number of aromatic nitrogens is 1. The lowest BCUT2D eigenvalue weighted by Crippen LogP contribution is -2.42. The Kier molecular flexibility index (Phi) is 5.02. The zero-order chi connectivity index (χ0) is 12.7. The van der Waals surface area contributed by atoms with Crippen LogP contribution in [0.2, 0.25) is 0 Å². The molecule has 17 heavy (non-hydrogen) atoms. The number of carbonyl (C=O) groups is 2. The Morgan fingerprint density at radius 2 is 1.82 bits per heavy atom. The molecule has 4 N–H and O–H groups in total. The molecule has 1 heterocycles. The third kappa shape index (κ3) is 5.03. The van der Waals surface area contributed by atoms with Gasteiger partial charge in [0.25, 0.3) is 0 Å². The zero-order valence-electron chi connectivity index (χ0n) is 8.97. The van der Waals surface area contributed by atoms with Gasteiger partial charge in [-0.2, -0.15) is 0 Å². The fraction of sp³-hybridized carbons (Fsp3) is 0.200. The molecule has 0 aromatic carbocycles. The van der Waals surface area contributed by atoms with E-state index in [0.717, 1.165) is 5.56 Å². The fourth-order valence-electron chi connectivity index (χ4n) is 1.01. The maximum absolute atomic E-state index is 11.3. The largest absolute Gasteiger partial charge is 0.392 e. The van der Waals surface area contributed by atoms with Crippen LogP contribution in [0.15, 0.2) is 24.5 Å². The summed E-state index contributed by atoms with van der Waals surface area (Å²) in [6.45, 7) is 0.276. The quantitative estimate of drug-likeness (QED) is 0.476. The normalized spacial score (nSPS) is 9.41. The Bertz CT molecular complexity index is 422. The number of rotatable bonds is 4. The van der Waals surface area contributed by atoms with Gasteiger partial charge < -0.3 is 16.4 Å². The van der Waals surface area contributed by atoms with Crippen molar-refractivity contribution < 1.29 is 9.59 Å². The van der Waals surface area contributed by atoms with E-state index in [1.807, 2.05) is 0 Å². The first-order chi connectivity index (χ1) is 8.09. The van der Waals surface area contributed by atoms with Crippen LogP contribution < -0.4 is 16.4 Å². The standard InChI is InChI=1S/C10H12N4O2S/c11-8(17)6-14-10(16)9(15)13-5-7-1-3-12-4-2-7/h1-4H,5-6H2,(H2,11,17)(H,13,15)(H,14,16). The number of carbonyl (C=O) groups excluding carboxylic acids is 2. The van der Waals surface area contributed by atoms with Crippen molar-refractivity contribution in [2.75, 3.05) is 6.54 Å². The van der Waals surface area contributed by atoms with E-state index in [1.165, 1.54) is 0 Å². The molecule has 1 aromatic heterocycles. The molecule has 0 bridgehead atoms. The molecule has 0 aliphatic heterocycles. The van der Waals surface area contributed by atoms with Crippen LogP contribution in [0.3, 0.4) is 0 Å². The number of nitrogens with zero attached hydrogens (tertiary/aromatic N) is 1. The van der Waals surface area contributed by atoms with E-state index < -0.39 is 11.8 Å². The molecule has 7 heteroatoms. The molecule has 0 fully saturated rings. The predicted octanol–water partition coefficient (Wildman–Crippen LogP) is -0.900. The molecular formula is C10H12N4O2S. The minimum atomic E-state index is -0.758. The van der Waals surface area contributed by atoms with Crippen molar-refractivity contribution in [3.63, 3.8) is 0 Å². The van der Waals surface area contributed by atoms with Crippen molar-refractivity contribution in [2.24, 2.45) is 5.73 Å². The second-order valence-corrected chi connectivity index (χ2v) is 3.71. The van der Waals surface area contributed by atoms with E-state index in [9.17, 15) is 9.59 Å². The molecule has 0 aliphatic carbocycles. The third-order valence-corrected chi connectivity index (χ3v) is 1.98. The topological polar surface area (TPSA) is 97.1 Å². The summed E-state index contributed by atoms with van der Waals surface area (Å²) in [6.07, 6.45) is 3.21. The van der Waals surface area contributed by atoms with E-state index in [1.54, 1.807) is 24.5 Å². The lowest BCUT2D eigenvalue weighted by atomic mass is 10.3. The van der Waals surface area contributed by atoms with E-state index in [0.29, 0.717) is 0 Å². The highest BCUT2D eigenvalue weighted by Crippen LogP contribution is 1.94. The van der Waals surface area contributed by atoms with Crippen LogP contribution in [-0.2, 0) is 16.1 Å². The lowest BCUT2D eigenvalue weighted by Gasteiger charge is -2.05. The summed E-state index contributed by atoms with van der Waals surface area (Å²) in [4.78, 5) is 26.5. The maximum Gasteiger partial charge on any atom is 0.309 e. The number of hydrogen-bond acceptors (Lipinski definition) is 4. The number of hydrogen-bond donors (Lipinski definition) is 3. The van der Waals surface area contributed by atoms with E-state index >= 15 is 0 Å². The Labute approximate surface area is 104 Å². The van der Waals surface area contributed by atoms with Crippen molar-refractivity contribution in [3.05, 3.63) is 30.1 Å². The van der Waals surface area contributed by atoms with Crippen LogP contribution in [0.4, 0.5) is 0 Å². The third-order valence-electron chi connectivity index (χ3n) is 1.83. The molecular weight excluding hydrogens is 240 g/mol. The average Bonchev–Trinajstić information content (AvgIpc) is 2.34. The Hall–Kier alpha value is -2.02. The monoisotopic (exact) mass is 252 g/mol. The molecule has 1 rings (SSSR count). The second kappa shape index (κ2) is 6.54. The van der Waals surface area contributed by atoms with Gasteiger partial charge in [-0.3, -0.25) is 14.6 Å². The average molecular weight is 252 g/mol. The minimum absolute atomic E-state index is 0.0108. The van der Waals surface area contributed by atoms with Gasteiger partial charge in [0.2, 0.25) is 0 Å². The highest BCUT2D eigenvalue weighted by Gasteiger charge is 2.12. The summed E-state index contributed by atoms with van der Waals surface area (Å²) >= 11 is 4.57. The van der Waals surface area contributed by atoms with Gasteiger partial charge in [-0.25, -0.2) is 0 Å². The summed E-state index contributed by atoms with van der Waals surface area (Å²) < 4.78 is 0. The van der Waals surface area contributed by atoms with Gasteiger partial charge in [0, 0.05) is 18.9 Å². The predicted molar refractivity (Wildman–Crippen MR) is 65.9 cm³/mol. The van der Waals surface area contributed by atoms with E-state index in [4.69, 9.17) is 5.73 Å². The van der Waals surface area contributed by atoms with Gasteiger partial charge in [0.1, 0.15) is 0 Å². The Morgan fingerprint density at radius 3 is 2.41 bits per heavy atom. The van der Waals surface area contributed by atoms with Crippen LogP contribution in [0.1, 0.15) is 5.56 Å². The Morgan fingerprint density at radius 1 is 1.24 bits per heavy atom.